The van der Waals surface area contributed by atoms with Gasteiger partial charge in [0.15, 0.2) is 17.1 Å². The zero-order valence-electron chi connectivity index (χ0n) is 16.8. The summed E-state index contributed by atoms with van der Waals surface area (Å²) in [5.41, 5.74) is 3.12. The van der Waals surface area contributed by atoms with Crippen molar-refractivity contribution in [3.63, 3.8) is 0 Å². The van der Waals surface area contributed by atoms with E-state index in [9.17, 15) is 4.79 Å². The molecule has 1 heterocycles. The van der Waals surface area contributed by atoms with E-state index in [0.29, 0.717) is 39.7 Å². The van der Waals surface area contributed by atoms with Crippen LogP contribution in [0.2, 0.25) is 0 Å². The summed E-state index contributed by atoms with van der Waals surface area (Å²) in [5, 5.41) is 2.87. The van der Waals surface area contributed by atoms with Crippen LogP contribution in [0.25, 0.3) is 22.6 Å². The molecule has 3 aromatic carbocycles. The summed E-state index contributed by atoms with van der Waals surface area (Å²) in [5.74, 6) is 1.97. The number of methoxy groups -OCH3 is 3. The number of oxazole rings is 1. The zero-order valence-corrected chi connectivity index (χ0v) is 16.8. The SMILES string of the molecule is COc1cccc(-c2nc3cc(NC(=O)c4ccc(OC)c(OC)c4)ccc3o2)c1. The molecule has 7 nitrogen and oxygen atoms in total. The van der Waals surface area contributed by atoms with Gasteiger partial charge in [0, 0.05) is 16.8 Å². The lowest BCUT2D eigenvalue weighted by Crippen LogP contribution is -2.12. The largest absolute Gasteiger partial charge is 0.497 e. The third-order valence-corrected chi connectivity index (χ3v) is 4.61. The highest BCUT2D eigenvalue weighted by Crippen LogP contribution is 2.30. The summed E-state index contributed by atoms with van der Waals surface area (Å²) in [4.78, 5) is 17.2. The maximum Gasteiger partial charge on any atom is 0.255 e. The van der Waals surface area contributed by atoms with Gasteiger partial charge in [0.25, 0.3) is 5.91 Å². The van der Waals surface area contributed by atoms with E-state index < -0.39 is 0 Å². The first kappa shape index (κ1) is 19.3. The predicted octanol–water partition coefficient (Wildman–Crippen LogP) is 4.77. The predicted molar refractivity (Wildman–Crippen MR) is 113 cm³/mol. The highest BCUT2D eigenvalue weighted by atomic mass is 16.5. The van der Waals surface area contributed by atoms with Crippen LogP contribution in [0.15, 0.2) is 65.1 Å². The molecule has 0 aliphatic carbocycles. The van der Waals surface area contributed by atoms with Gasteiger partial charge in [0.1, 0.15) is 11.3 Å². The topological polar surface area (TPSA) is 82.8 Å². The van der Waals surface area contributed by atoms with Crippen LogP contribution in [0.1, 0.15) is 10.4 Å². The molecule has 1 aromatic heterocycles. The number of hydrogen-bond acceptors (Lipinski definition) is 6. The van der Waals surface area contributed by atoms with Crippen LogP contribution >= 0.6 is 0 Å². The molecule has 0 atom stereocenters. The zero-order chi connectivity index (χ0) is 21.1. The smallest absolute Gasteiger partial charge is 0.255 e. The number of nitrogens with zero attached hydrogens (tertiary/aromatic N) is 1. The minimum Gasteiger partial charge on any atom is -0.497 e. The van der Waals surface area contributed by atoms with Crippen molar-refractivity contribution in [1.29, 1.82) is 0 Å². The number of amides is 1. The van der Waals surface area contributed by atoms with Crippen LogP contribution in [0, 0.1) is 0 Å². The number of nitrogens with one attached hydrogen (secondary N) is 1. The number of aromatic nitrogens is 1. The molecule has 0 saturated carbocycles. The number of benzene rings is 3. The van der Waals surface area contributed by atoms with Gasteiger partial charge in [-0.2, -0.15) is 0 Å². The Morgan fingerprint density at radius 3 is 2.50 bits per heavy atom. The number of fused-ring (bicyclic) bond motifs is 1. The highest BCUT2D eigenvalue weighted by molar-refractivity contribution is 6.05. The lowest BCUT2D eigenvalue weighted by Gasteiger charge is -2.10. The standard InChI is InChI=1S/C23H20N2O5/c1-27-17-6-4-5-15(11-17)23-25-18-13-16(8-10-19(18)30-23)24-22(26)14-7-9-20(28-2)21(12-14)29-3/h4-13H,1-3H3,(H,24,26). The normalized spacial score (nSPS) is 10.6. The van der Waals surface area contributed by atoms with Crippen molar-refractivity contribution >= 4 is 22.7 Å². The van der Waals surface area contributed by atoms with Crippen molar-refractivity contribution in [3.8, 4) is 28.7 Å². The van der Waals surface area contributed by atoms with Crippen molar-refractivity contribution < 1.29 is 23.4 Å². The summed E-state index contributed by atoms with van der Waals surface area (Å²) >= 11 is 0. The number of rotatable bonds is 6. The molecule has 7 heteroatoms. The molecule has 4 rings (SSSR count). The van der Waals surface area contributed by atoms with Crippen molar-refractivity contribution in [2.45, 2.75) is 0 Å². The van der Waals surface area contributed by atoms with Crippen LogP contribution in [0.5, 0.6) is 17.2 Å². The first-order valence-electron chi connectivity index (χ1n) is 9.19. The lowest BCUT2D eigenvalue weighted by molar-refractivity contribution is 0.102. The second kappa shape index (κ2) is 8.16. The van der Waals surface area contributed by atoms with Crippen LogP contribution in [-0.2, 0) is 0 Å². The van der Waals surface area contributed by atoms with Crippen LogP contribution in [-0.4, -0.2) is 32.2 Å². The van der Waals surface area contributed by atoms with Gasteiger partial charge < -0.3 is 23.9 Å². The van der Waals surface area contributed by atoms with E-state index in [4.69, 9.17) is 18.6 Å². The Labute approximate surface area is 173 Å². The number of anilines is 1. The van der Waals surface area contributed by atoms with Crippen molar-refractivity contribution in [2.75, 3.05) is 26.6 Å². The molecule has 1 amide bonds. The number of carbonyl (C=O) groups is 1. The molecule has 30 heavy (non-hydrogen) atoms. The van der Waals surface area contributed by atoms with E-state index in [-0.39, 0.29) is 5.91 Å². The fourth-order valence-electron chi connectivity index (χ4n) is 3.07. The molecule has 0 aliphatic heterocycles. The van der Waals surface area contributed by atoms with E-state index in [1.165, 1.54) is 7.11 Å². The fourth-order valence-corrected chi connectivity index (χ4v) is 3.07. The van der Waals surface area contributed by atoms with Gasteiger partial charge >= 0.3 is 0 Å². The summed E-state index contributed by atoms with van der Waals surface area (Å²) in [6.45, 7) is 0. The molecule has 0 fully saturated rings. The first-order valence-corrected chi connectivity index (χ1v) is 9.19. The molecule has 1 N–H and O–H groups in total. The van der Waals surface area contributed by atoms with Gasteiger partial charge in [-0.25, -0.2) is 4.98 Å². The molecule has 4 aromatic rings. The summed E-state index contributed by atoms with van der Waals surface area (Å²) in [6.07, 6.45) is 0. The molecule has 0 bridgehead atoms. The van der Waals surface area contributed by atoms with Gasteiger partial charge in [-0.1, -0.05) is 6.07 Å². The second-order valence-corrected chi connectivity index (χ2v) is 6.46. The van der Waals surface area contributed by atoms with Gasteiger partial charge in [-0.05, 0) is 54.6 Å². The van der Waals surface area contributed by atoms with Crippen molar-refractivity contribution in [3.05, 3.63) is 66.2 Å². The van der Waals surface area contributed by atoms with Crippen LogP contribution < -0.4 is 19.5 Å². The monoisotopic (exact) mass is 404 g/mol. The van der Waals surface area contributed by atoms with E-state index in [1.807, 2.05) is 24.3 Å². The summed E-state index contributed by atoms with van der Waals surface area (Å²) in [7, 11) is 4.68. The Kier molecular flexibility index (Phi) is 5.26. The van der Waals surface area contributed by atoms with E-state index in [0.717, 1.165) is 11.3 Å². The van der Waals surface area contributed by atoms with Crippen LogP contribution in [0.3, 0.4) is 0 Å². The second-order valence-electron chi connectivity index (χ2n) is 6.46. The fraction of sp³-hybridized carbons (Fsp3) is 0.130. The van der Waals surface area contributed by atoms with Gasteiger partial charge in [0.2, 0.25) is 5.89 Å². The van der Waals surface area contributed by atoms with E-state index in [2.05, 4.69) is 10.3 Å². The lowest BCUT2D eigenvalue weighted by atomic mass is 10.1. The number of hydrogen-bond donors (Lipinski definition) is 1. The van der Waals surface area contributed by atoms with Crippen LogP contribution in [0.4, 0.5) is 5.69 Å². The molecular formula is C23H20N2O5. The Balaban J connectivity index is 1.58. The van der Waals surface area contributed by atoms with Crippen molar-refractivity contribution in [2.24, 2.45) is 0 Å². The Morgan fingerprint density at radius 1 is 0.900 bits per heavy atom. The molecule has 0 saturated heterocycles. The average Bonchev–Trinajstić information content (AvgIpc) is 3.22. The highest BCUT2D eigenvalue weighted by Gasteiger charge is 2.13. The molecular weight excluding hydrogens is 384 g/mol. The Hall–Kier alpha value is -4.00. The molecule has 0 radical (unpaired) electrons. The van der Waals surface area contributed by atoms with Gasteiger partial charge in [-0.15, -0.1) is 0 Å². The van der Waals surface area contributed by atoms with E-state index >= 15 is 0 Å². The molecule has 0 unspecified atom stereocenters. The molecule has 152 valence electrons. The maximum absolute atomic E-state index is 12.6. The van der Waals surface area contributed by atoms with Gasteiger partial charge in [-0.3, -0.25) is 4.79 Å². The quantitative estimate of drug-likeness (QED) is 0.498. The van der Waals surface area contributed by atoms with E-state index in [1.54, 1.807) is 50.6 Å². The Bertz CT molecular complexity index is 1220. The molecule has 0 spiro atoms. The van der Waals surface area contributed by atoms with Crippen molar-refractivity contribution in [1.82, 2.24) is 4.98 Å². The van der Waals surface area contributed by atoms with Gasteiger partial charge in [0.05, 0.1) is 21.3 Å². The number of carbonyl (C=O) groups excluding carboxylic acids is 1. The number of ether oxygens (including phenoxy) is 3. The third-order valence-electron chi connectivity index (χ3n) is 4.61. The third kappa shape index (κ3) is 3.77. The maximum atomic E-state index is 12.6. The summed E-state index contributed by atoms with van der Waals surface area (Å²) in [6, 6.07) is 17.8. The Morgan fingerprint density at radius 2 is 1.73 bits per heavy atom. The summed E-state index contributed by atoms with van der Waals surface area (Å²) < 4.78 is 21.6. The minimum absolute atomic E-state index is 0.271. The minimum atomic E-state index is -0.271. The average molecular weight is 404 g/mol. The molecule has 0 aliphatic rings. The first-order chi connectivity index (χ1) is 14.6.